The summed E-state index contributed by atoms with van der Waals surface area (Å²) in [5, 5.41) is 12.4. The van der Waals surface area contributed by atoms with Gasteiger partial charge in [0.2, 0.25) is 5.95 Å². The number of nitrogens with one attached hydrogen (secondary N) is 1. The highest BCUT2D eigenvalue weighted by molar-refractivity contribution is 6.39. The van der Waals surface area contributed by atoms with Gasteiger partial charge in [-0.3, -0.25) is 14.6 Å². The molecule has 2 N–H and O–H groups in total. The average molecular weight is 522 g/mol. The lowest BCUT2D eigenvalue weighted by Gasteiger charge is -2.22. The molecule has 0 saturated carbocycles. The number of benzene rings is 2. The normalized spacial score (nSPS) is 10.6. The minimum atomic E-state index is -0.947. The van der Waals surface area contributed by atoms with E-state index in [1.165, 1.54) is 12.4 Å². The topological polar surface area (TPSA) is 108 Å². The van der Waals surface area contributed by atoms with Crippen LogP contribution in [0, 0.1) is 6.92 Å². The number of pyridine rings is 1. The summed E-state index contributed by atoms with van der Waals surface area (Å²) in [7, 11) is 0. The van der Waals surface area contributed by atoms with Crippen molar-refractivity contribution in [2.24, 2.45) is 0 Å². The molecule has 1 amide bonds. The van der Waals surface area contributed by atoms with Gasteiger partial charge in [0.25, 0.3) is 5.91 Å². The van der Waals surface area contributed by atoms with Gasteiger partial charge in [-0.2, -0.15) is 0 Å². The number of halogens is 2. The molecule has 0 aliphatic rings. The van der Waals surface area contributed by atoms with Crippen molar-refractivity contribution in [1.82, 2.24) is 15.0 Å². The van der Waals surface area contributed by atoms with Crippen LogP contribution in [0.1, 0.15) is 22.3 Å². The number of carbonyl (C=O) groups excluding carboxylic acids is 1. The van der Waals surface area contributed by atoms with Crippen molar-refractivity contribution >= 4 is 52.4 Å². The fraction of sp³-hybridized carbons (Fsp3) is 0.115. The van der Waals surface area contributed by atoms with Crippen molar-refractivity contribution in [1.29, 1.82) is 0 Å². The number of aromatic nitrogens is 3. The van der Waals surface area contributed by atoms with Gasteiger partial charge in [-0.05, 0) is 37.3 Å². The predicted octanol–water partition coefficient (Wildman–Crippen LogP) is 6.02. The Morgan fingerprint density at radius 1 is 0.972 bits per heavy atom. The zero-order valence-electron chi connectivity index (χ0n) is 19.2. The van der Waals surface area contributed by atoms with Gasteiger partial charge in [-0.1, -0.05) is 53.0 Å². The molecule has 2 aromatic heterocycles. The Kier molecular flexibility index (Phi) is 7.77. The van der Waals surface area contributed by atoms with E-state index in [9.17, 15) is 14.7 Å². The van der Waals surface area contributed by atoms with E-state index in [1.54, 1.807) is 41.4 Å². The van der Waals surface area contributed by atoms with E-state index >= 15 is 0 Å². The van der Waals surface area contributed by atoms with Crippen LogP contribution < -0.4 is 10.2 Å². The molecule has 0 aliphatic carbocycles. The minimum Gasteiger partial charge on any atom is -0.481 e. The van der Waals surface area contributed by atoms with E-state index in [2.05, 4.69) is 20.3 Å². The highest BCUT2D eigenvalue weighted by Crippen LogP contribution is 2.30. The maximum atomic E-state index is 12.7. The molecule has 0 bridgehead atoms. The zero-order chi connectivity index (χ0) is 25.7. The van der Waals surface area contributed by atoms with E-state index in [4.69, 9.17) is 23.2 Å². The molecule has 182 valence electrons. The Morgan fingerprint density at radius 3 is 2.28 bits per heavy atom. The number of aliphatic carboxylic acids is 1. The molecule has 0 fully saturated rings. The zero-order valence-corrected chi connectivity index (χ0v) is 20.7. The fourth-order valence-electron chi connectivity index (χ4n) is 3.42. The average Bonchev–Trinajstić information content (AvgIpc) is 2.87. The summed E-state index contributed by atoms with van der Waals surface area (Å²) >= 11 is 12.2. The van der Waals surface area contributed by atoms with Crippen molar-refractivity contribution < 1.29 is 14.7 Å². The molecule has 2 heterocycles. The maximum Gasteiger partial charge on any atom is 0.305 e. The van der Waals surface area contributed by atoms with Gasteiger partial charge in [0.1, 0.15) is 0 Å². The smallest absolute Gasteiger partial charge is 0.305 e. The number of carboxylic acids is 1. The molecule has 0 radical (unpaired) electrons. The standard InChI is InChI=1S/C26H21Cl2N5O3/c1-16-2-4-17(5-3-16)22-10-12-30-26(31-22)33(13-11-23(34)35)19-8-6-18(7-9-19)25(36)32-24-20(27)14-29-15-21(24)28/h2-10,12,14-15H,11,13H2,1H3,(H,34,35)(H,29,32,36). The van der Waals surface area contributed by atoms with E-state index in [0.717, 1.165) is 11.1 Å². The monoisotopic (exact) mass is 521 g/mol. The number of amides is 1. The molecule has 4 rings (SSSR count). The summed E-state index contributed by atoms with van der Waals surface area (Å²) in [4.78, 5) is 38.7. The van der Waals surface area contributed by atoms with Gasteiger partial charge in [-0.15, -0.1) is 0 Å². The summed E-state index contributed by atoms with van der Waals surface area (Å²) in [6.45, 7) is 2.15. The van der Waals surface area contributed by atoms with Crippen LogP contribution in [0.2, 0.25) is 10.0 Å². The Morgan fingerprint density at radius 2 is 1.64 bits per heavy atom. The Bertz CT molecular complexity index is 1380. The lowest BCUT2D eigenvalue weighted by molar-refractivity contribution is -0.136. The molecule has 2 aromatic carbocycles. The fourth-order valence-corrected chi connectivity index (χ4v) is 3.88. The maximum absolute atomic E-state index is 12.7. The Hall–Kier alpha value is -4.01. The molecule has 4 aromatic rings. The quantitative estimate of drug-likeness (QED) is 0.291. The molecule has 36 heavy (non-hydrogen) atoms. The van der Waals surface area contributed by atoms with Gasteiger partial charge in [0.15, 0.2) is 0 Å². The molecule has 0 atom stereocenters. The first-order valence-corrected chi connectivity index (χ1v) is 11.7. The molecule has 0 saturated heterocycles. The molecular formula is C26H21Cl2N5O3. The highest BCUT2D eigenvalue weighted by atomic mass is 35.5. The van der Waals surface area contributed by atoms with Gasteiger partial charge < -0.3 is 15.3 Å². The van der Waals surface area contributed by atoms with Crippen LogP contribution >= 0.6 is 23.2 Å². The summed E-state index contributed by atoms with van der Waals surface area (Å²) < 4.78 is 0. The van der Waals surface area contributed by atoms with Crippen LogP contribution in [0.15, 0.2) is 73.2 Å². The predicted molar refractivity (Wildman–Crippen MR) is 140 cm³/mol. The van der Waals surface area contributed by atoms with Crippen molar-refractivity contribution in [2.75, 3.05) is 16.8 Å². The lowest BCUT2D eigenvalue weighted by Crippen LogP contribution is -2.23. The van der Waals surface area contributed by atoms with Gasteiger partial charge in [0, 0.05) is 41.9 Å². The van der Waals surface area contributed by atoms with Crippen LogP contribution in [-0.4, -0.2) is 38.5 Å². The summed E-state index contributed by atoms with van der Waals surface area (Å²) in [6.07, 6.45) is 4.28. The van der Waals surface area contributed by atoms with Gasteiger partial charge >= 0.3 is 5.97 Å². The van der Waals surface area contributed by atoms with Crippen molar-refractivity contribution in [2.45, 2.75) is 13.3 Å². The van der Waals surface area contributed by atoms with Gasteiger partial charge in [-0.25, -0.2) is 9.97 Å². The molecule has 0 unspecified atom stereocenters. The molecule has 8 nitrogen and oxygen atoms in total. The van der Waals surface area contributed by atoms with Gasteiger partial charge in [0.05, 0.1) is 27.8 Å². The molecule has 0 aliphatic heterocycles. The van der Waals surface area contributed by atoms with E-state index in [1.807, 2.05) is 31.2 Å². The molecule has 0 spiro atoms. The lowest BCUT2D eigenvalue weighted by atomic mass is 10.1. The van der Waals surface area contributed by atoms with Crippen molar-refractivity contribution in [3.8, 4) is 11.3 Å². The largest absolute Gasteiger partial charge is 0.481 e. The number of carbonyl (C=O) groups is 2. The first-order chi connectivity index (χ1) is 17.3. The Balaban J connectivity index is 1.61. The SMILES string of the molecule is Cc1ccc(-c2ccnc(N(CCC(=O)O)c3ccc(C(=O)Nc4c(Cl)cncc4Cl)cc3)n2)cc1. The third-order valence-corrected chi connectivity index (χ3v) is 5.89. The van der Waals surface area contributed by atoms with Crippen LogP contribution in [-0.2, 0) is 4.79 Å². The van der Waals surface area contributed by atoms with Crippen LogP contribution in [0.4, 0.5) is 17.3 Å². The van der Waals surface area contributed by atoms with E-state index in [-0.39, 0.29) is 28.7 Å². The van der Waals surface area contributed by atoms with Crippen molar-refractivity contribution in [3.05, 3.63) is 94.4 Å². The third kappa shape index (κ3) is 5.97. The number of anilines is 3. The second-order valence-corrected chi connectivity index (χ2v) is 8.70. The summed E-state index contributed by atoms with van der Waals surface area (Å²) in [6, 6.07) is 16.4. The summed E-state index contributed by atoms with van der Waals surface area (Å²) in [5.74, 6) is -1.01. The second kappa shape index (κ2) is 11.2. The number of hydrogen-bond donors (Lipinski definition) is 2. The van der Waals surface area contributed by atoms with Crippen LogP contribution in [0.25, 0.3) is 11.3 Å². The van der Waals surface area contributed by atoms with Crippen LogP contribution in [0.3, 0.4) is 0 Å². The highest BCUT2D eigenvalue weighted by Gasteiger charge is 2.17. The van der Waals surface area contributed by atoms with Crippen molar-refractivity contribution in [3.63, 3.8) is 0 Å². The van der Waals surface area contributed by atoms with E-state index < -0.39 is 11.9 Å². The number of aryl methyl sites for hydroxylation is 1. The number of carboxylic acid groups (broad SMARTS) is 1. The second-order valence-electron chi connectivity index (χ2n) is 7.88. The molecular weight excluding hydrogens is 501 g/mol. The Labute approximate surface area is 217 Å². The van der Waals surface area contributed by atoms with Crippen LogP contribution in [0.5, 0.6) is 0 Å². The number of nitrogens with zero attached hydrogens (tertiary/aromatic N) is 4. The number of hydrogen-bond acceptors (Lipinski definition) is 6. The first-order valence-electron chi connectivity index (χ1n) is 10.9. The summed E-state index contributed by atoms with van der Waals surface area (Å²) in [5.41, 5.74) is 4.02. The number of rotatable bonds is 8. The first kappa shape index (κ1) is 25.1. The third-order valence-electron chi connectivity index (χ3n) is 5.31. The molecule has 10 heteroatoms. The van der Waals surface area contributed by atoms with E-state index in [0.29, 0.717) is 22.9 Å². The minimum absolute atomic E-state index is 0.126.